The van der Waals surface area contributed by atoms with E-state index in [2.05, 4.69) is 94.7 Å². The number of nitrogens with zero attached hydrogens (tertiary/aromatic N) is 2. The summed E-state index contributed by atoms with van der Waals surface area (Å²) in [7, 11) is 11.3. The summed E-state index contributed by atoms with van der Waals surface area (Å²) in [4.78, 5) is 5.64. The third-order valence-electron chi connectivity index (χ3n) is 11.6. The maximum absolute atomic E-state index is 5.66. The first-order valence-corrected chi connectivity index (χ1v) is 28.4. The summed E-state index contributed by atoms with van der Waals surface area (Å²) in [6, 6.07) is 19.0. The van der Waals surface area contributed by atoms with Crippen LogP contribution in [0.2, 0.25) is 0 Å². The average molecular weight is 881 g/mol. The van der Waals surface area contributed by atoms with E-state index >= 15 is 0 Å². The van der Waals surface area contributed by atoms with E-state index in [0.29, 0.717) is 0 Å². The zero-order chi connectivity index (χ0) is 37.7. The topological polar surface area (TPSA) is 6.48 Å². The van der Waals surface area contributed by atoms with Crippen molar-refractivity contribution in [2.75, 3.05) is 9.80 Å². The Hall–Kier alpha value is -1.15. The van der Waals surface area contributed by atoms with Crippen LogP contribution in [0.25, 0.3) is 0 Å². The van der Waals surface area contributed by atoms with Crippen LogP contribution in [0.15, 0.2) is 71.9 Å². The minimum absolute atomic E-state index is 0.0465. The van der Waals surface area contributed by atoms with E-state index in [4.69, 9.17) is 19.4 Å². The summed E-state index contributed by atoms with van der Waals surface area (Å²) in [5, 5.41) is 0. The van der Waals surface area contributed by atoms with Gasteiger partial charge in [0.05, 0.1) is 17.0 Å². The second kappa shape index (κ2) is 22.0. The van der Waals surface area contributed by atoms with E-state index < -0.39 is 13.5 Å². The molecule has 0 bridgehead atoms. The maximum atomic E-state index is 5.66. The first-order valence-electron chi connectivity index (χ1n) is 20.3. The molecule has 1 aliphatic heterocycles. The molecule has 4 aliphatic rings. The van der Waals surface area contributed by atoms with Crippen molar-refractivity contribution in [2.45, 2.75) is 160 Å². The SMILES string of the molecule is C1CCC([PH+](C2CCCCC2)C2CCCCC2)CC1.Cc1cc(C)c(N2C=CN(c3c(C)cc(C)cc3C)[CH-]2)c(C)c1.[Cl][Ru]([Cl])=[CH]Sc1ccccc1. The Kier molecular flexibility index (Phi) is 17.8. The van der Waals surface area contributed by atoms with Gasteiger partial charge in [0, 0.05) is 19.3 Å². The Bertz CT molecular complexity index is 1490. The number of aryl methyl sites for hydroxylation is 6. The van der Waals surface area contributed by atoms with E-state index in [-0.39, 0.29) is 7.92 Å². The van der Waals surface area contributed by atoms with Gasteiger partial charge in [-0.05, 0) is 153 Å². The molecule has 3 fully saturated rings. The predicted octanol–water partition coefficient (Wildman–Crippen LogP) is 15.1. The van der Waals surface area contributed by atoms with Crippen LogP contribution in [0.4, 0.5) is 11.4 Å². The molecule has 2 nitrogen and oxygen atoms in total. The van der Waals surface area contributed by atoms with Gasteiger partial charge in [0.15, 0.2) is 0 Å². The Labute approximate surface area is 342 Å². The van der Waals surface area contributed by atoms with Crippen molar-refractivity contribution in [1.29, 1.82) is 0 Å². The van der Waals surface area contributed by atoms with Crippen molar-refractivity contribution in [3.05, 3.63) is 107 Å². The van der Waals surface area contributed by atoms with Crippen LogP contribution >= 0.6 is 39.1 Å². The molecule has 53 heavy (non-hydrogen) atoms. The van der Waals surface area contributed by atoms with Gasteiger partial charge in [-0.15, -0.1) is 6.67 Å². The van der Waals surface area contributed by atoms with Crippen molar-refractivity contribution < 1.29 is 13.5 Å². The van der Waals surface area contributed by atoms with E-state index in [9.17, 15) is 0 Å². The normalized spacial score (nSPS) is 18.7. The first-order chi connectivity index (χ1) is 25.6. The van der Waals surface area contributed by atoms with Crippen molar-refractivity contribution in [3.8, 4) is 0 Å². The molecule has 0 spiro atoms. The molecule has 0 aromatic heterocycles. The second-order valence-electron chi connectivity index (χ2n) is 15.9. The van der Waals surface area contributed by atoms with Gasteiger partial charge < -0.3 is 9.80 Å². The minimum atomic E-state index is -1.59. The van der Waals surface area contributed by atoms with Crippen molar-refractivity contribution in [3.63, 3.8) is 0 Å². The number of anilines is 2. The number of hydrogen-bond acceptors (Lipinski definition) is 3. The summed E-state index contributed by atoms with van der Waals surface area (Å²) in [6.07, 6.45) is 28.1. The molecular formula is C46H65Cl2N2PRuS. The molecule has 0 saturated heterocycles. The van der Waals surface area contributed by atoms with Crippen LogP contribution in [-0.4, -0.2) is 20.9 Å². The van der Waals surface area contributed by atoms with Gasteiger partial charge in [0.25, 0.3) is 0 Å². The number of rotatable bonds is 7. The fraction of sp³-hybridized carbons (Fsp3) is 0.522. The Morgan fingerprint density at radius 2 is 0.943 bits per heavy atom. The summed E-state index contributed by atoms with van der Waals surface area (Å²) in [5.41, 5.74) is 14.1. The molecular weight excluding hydrogens is 816 g/mol. The van der Waals surface area contributed by atoms with Gasteiger partial charge in [-0.2, -0.15) is 0 Å². The molecule has 7 heteroatoms. The Morgan fingerprint density at radius 3 is 1.28 bits per heavy atom. The van der Waals surface area contributed by atoms with E-state index in [1.807, 2.05) is 34.3 Å². The van der Waals surface area contributed by atoms with Crippen molar-refractivity contribution in [1.82, 2.24) is 0 Å². The molecule has 7 rings (SSSR count). The van der Waals surface area contributed by atoms with Crippen LogP contribution in [0.1, 0.15) is 130 Å². The van der Waals surface area contributed by atoms with Crippen molar-refractivity contribution >= 4 is 54.4 Å². The summed E-state index contributed by atoms with van der Waals surface area (Å²) >= 11 is 0.00846. The number of hydrogen-bond donors (Lipinski definition) is 0. The van der Waals surface area contributed by atoms with E-state index in [1.165, 1.54) is 66.6 Å². The molecule has 3 aliphatic carbocycles. The summed E-state index contributed by atoms with van der Waals surface area (Å²) < 4.78 is 1.92. The average Bonchev–Trinajstić information content (AvgIpc) is 3.61. The van der Waals surface area contributed by atoms with Gasteiger partial charge in [-0.3, -0.25) is 0 Å². The zero-order valence-corrected chi connectivity index (χ0v) is 38.3. The van der Waals surface area contributed by atoms with Crippen LogP contribution in [-0.2, 0) is 13.5 Å². The second-order valence-corrected chi connectivity index (χ2v) is 26.7. The predicted molar refractivity (Wildman–Crippen MR) is 239 cm³/mol. The number of halogens is 2. The quantitative estimate of drug-likeness (QED) is 0.101. The van der Waals surface area contributed by atoms with Crippen LogP contribution < -0.4 is 9.80 Å². The Balaban J connectivity index is 0.000000163. The fourth-order valence-electron chi connectivity index (χ4n) is 9.66. The third-order valence-corrected chi connectivity index (χ3v) is 20.7. The van der Waals surface area contributed by atoms with Gasteiger partial charge in [0.1, 0.15) is 0 Å². The van der Waals surface area contributed by atoms with Gasteiger partial charge in [-0.25, -0.2) is 0 Å². The molecule has 0 amide bonds. The van der Waals surface area contributed by atoms with E-state index in [1.54, 1.807) is 108 Å². The molecule has 0 radical (unpaired) electrons. The fourth-order valence-corrected chi connectivity index (χ4v) is 17.7. The third kappa shape index (κ3) is 12.9. The number of benzene rings is 3. The monoisotopic (exact) mass is 880 g/mol. The molecule has 3 aromatic carbocycles. The van der Waals surface area contributed by atoms with Crippen LogP contribution in [0, 0.1) is 48.2 Å². The van der Waals surface area contributed by atoms with Gasteiger partial charge in [-0.1, -0.05) is 54.7 Å². The molecule has 0 N–H and O–H groups in total. The standard InChI is InChI=1S/C21H25N2.C18H33P.C7H6S.2ClH.Ru/c1-14-9-16(3)20(17(4)10-14)22-7-8-23(13-22)21-18(5)11-15(2)12-19(21)6;1-4-10-16(11-5-1)19(17-12-6-2-7-13-17)18-14-8-3-9-15-18;1-8-7-5-3-2-4-6-7;;;/h7-13H,1-6H3;16-18H,1-15H2;1-6H;2*1H;/q-1;;;;;+2/p-1. The summed E-state index contributed by atoms with van der Waals surface area (Å²) in [5.74, 6) is 0. The summed E-state index contributed by atoms with van der Waals surface area (Å²) in [6.45, 7) is 15.2. The van der Waals surface area contributed by atoms with Gasteiger partial charge >= 0.3 is 83.8 Å². The molecule has 0 unspecified atom stereocenters. The first kappa shape index (κ1) is 43.0. The van der Waals surface area contributed by atoms with Crippen molar-refractivity contribution in [2.24, 2.45) is 0 Å². The number of thioether (sulfide) groups is 1. The molecule has 0 atom stereocenters. The van der Waals surface area contributed by atoms with Crippen LogP contribution in [0.3, 0.4) is 0 Å². The molecule has 3 aromatic rings. The van der Waals surface area contributed by atoms with Gasteiger partial charge in [0.2, 0.25) is 0 Å². The molecule has 1 heterocycles. The zero-order valence-electron chi connectivity index (χ0n) is 33.3. The van der Waals surface area contributed by atoms with Crippen LogP contribution in [0.5, 0.6) is 0 Å². The molecule has 292 valence electrons. The Morgan fingerprint density at radius 1 is 0.585 bits per heavy atom. The molecule has 3 saturated carbocycles. The van der Waals surface area contributed by atoms with E-state index in [0.717, 1.165) is 0 Å².